The maximum absolute atomic E-state index is 11.2. The summed E-state index contributed by atoms with van der Waals surface area (Å²) in [6.07, 6.45) is 0. The van der Waals surface area contributed by atoms with Crippen molar-refractivity contribution in [3.05, 3.63) is 82.4 Å². The van der Waals surface area contributed by atoms with Gasteiger partial charge in [-0.25, -0.2) is 0 Å². The van der Waals surface area contributed by atoms with Crippen LogP contribution < -0.4 is 14.2 Å². The molecule has 0 aliphatic rings. The quantitative estimate of drug-likeness (QED) is 0.185. The first-order valence-electron chi connectivity index (χ1n) is 10.2. The highest BCUT2D eigenvalue weighted by Crippen LogP contribution is 2.36. The van der Waals surface area contributed by atoms with Crippen LogP contribution in [0.4, 0.5) is 5.69 Å². The molecule has 3 aromatic carbocycles. The zero-order chi connectivity index (χ0) is 24.1. The second kappa shape index (κ2) is 10.3. The van der Waals surface area contributed by atoms with Crippen molar-refractivity contribution in [1.29, 1.82) is 0 Å². The molecule has 0 aliphatic carbocycles. The van der Waals surface area contributed by atoms with Crippen molar-refractivity contribution < 1.29 is 19.1 Å². The molecule has 174 valence electrons. The van der Waals surface area contributed by atoms with Crippen LogP contribution in [0.15, 0.2) is 71.9 Å². The van der Waals surface area contributed by atoms with Crippen LogP contribution in [-0.2, 0) is 5.75 Å². The smallest absolute Gasteiger partial charge is 0.270 e. The fraction of sp³-hybridized carbons (Fsp3) is 0.167. The first kappa shape index (κ1) is 23.1. The second-order valence-corrected chi connectivity index (χ2v) is 8.02. The molecule has 4 rings (SSSR count). The van der Waals surface area contributed by atoms with Gasteiger partial charge in [-0.1, -0.05) is 23.9 Å². The van der Waals surface area contributed by atoms with Gasteiger partial charge in [-0.3, -0.25) is 14.7 Å². The Morgan fingerprint density at radius 2 is 1.65 bits per heavy atom. The van der Waals surface area contributed by atoms with E-state index in [-0.39, 0.29) is 5.69 Å². The summed E-state index contributed by atoms with van der Waals surface area (Å²) >= 11 is 1.40. The van der Waals surface area contributed by atoms with Crippen molar-refractivity contribution in [2.75, 3.05) is 21.3 Å². The average molecular weight is 479 g/mol. The van der Waals surface area contributed by atoms with E-state index in [2.05, 4.69) is 10.2 Å². The summed E-state index contributed by atoms with van der Waals surface area (Å²) < 4.78 is 18.2. The number of hydrogen-bond donors (Lipinski definition) is 0. The molecule has 0 bridgehead atoms. The molecule has 0 saturated heterocycles. The van der Waals surface area contributed by atoms with E-state index >= 15 is 0 Å². The molecule has 0 saturated carbocycles. The molecule has 0 spiro atoms. The van der Waals surface area contributed by atoms with Crippen LogP contribution in [0.5, 0.6) is 17.2 Å². The van der Waals surface area contributed by atoms with E-state index in [0.717, 1.165) is 17.0 Å². The molecular weight excluding hydrogens is 456 g/mol. The standard InChI is InChI=1S/C24H22N4O5S/c1-31-19-11-8-17(9-12-19)27-23(20-6-4-5-7-22(20)33-3)25-26-24(27)34-15-16-14-18(28(29)30)10-13-21(16)32-2/h4-14H,15H2,1-3H3. The molecule has 0 unspecified atom stereocenters. The zero-order valence-corrected chi connectivity index (χ0v) is 19.6. The summed E-state index contributed by atoms with van der Waals surface area (Å²) in [4.78, 5) is 10.8. The number of benzene rings is 3. The van der Waals surface area contributed by atoms with Gasteiger partial charge in [0.1, 0.15) is 17.2 Å². The maximum Gasteiger partial charge on any atom is 0.270 e. The highest BCUT2D eigenvalue weighted by Gasteiger charge is 2.20. The largest absolute Gasteiger partial charge is 0.497 e. The van der Waals surface area contributed by atoms with Crippen molar-refractivity contribution in [2.24, 2.45) is 0 Å². The van der Waals surface area contributed by atoms with Gasteiger partial charge in [-0.05, 0) is 42.5 Å². The van der Waals surface area contributed by atoms with E-state index in [1.54, 1.807) is 20.3 Å². The second-order valence-electron chi connectivity index (χ2n) is 7.08. The van der Waals surface area contributed by atoms with Gasteiger partial charge in [-0.2, -0.15) is 0 Å². The summed E-state index contributed by atoms with van der Waals surface area (Å²) in [5.74, 6) is 2.97. The molecule has 1 heterocycles. The Morgan fingerprint density at radius 3 is 2.32 bits per heavy atom. The van der Waals surface area contributed by atoms with Crippen LogP contribution in [0, 0.1) is 10.1 Å². The van der Waals surface area contributed by atoms with Crippen LogP contribution in [0.25, 0.3) is 17.1 Å². The number of methoxy groups -OCH3 is 3. The summed E-state index contributed by atoms with van der Waals surface area (Å²) in [7, 11) is 4.76. The molecule has 1 aromatic heterocycles. The Kier molecular flexibility index (Phi) is 6.98. The molecule has 0 radical (unpaired) electrons. The summed E-state index contributed by atoms with van der Waals surface area (Å²) in [5.41, 5.74) is 2.31. The number of hydrogen-bond acceptors (Lipinski definition) is 8. The van der Waals surface area contributed by atoms with Gasteiger partial charge in [0.25, 0.3) is 5.69 Å². The first-order valence-corrected chi connectivity index (χ1v) is 11.2. The van der Waals surface area contributed by atoms with Crippen molar-refractivity contribution in [2.45, 2.75) is 10.9 Å². The van der Waals surface area contributed by atoms with Crippen molar-refractivity contribution in [3.63, 3.8) is 0 Å². The first-order chi connectivity index (χ1) is 16.5. The SMILES string of the molecule is COc1ccc(-n2c(SCc3cc([N+](=O)[O-])ccc3OC)nnc2-c2ccccc2OC)cc1. The Morgan fingerprint density at radius 1 is 0.912 bits per heavy atom. The molecular formula is C24H22N4O5S. The average Bonchev–Trinajstić information content (AvgIpc) is 3.30. The Bertz CT molecular complexity index is 1310. The Hall–Kier alpha value is -4.05. The van der Waals surface area contributed by atoms with E-state index < -0.39 is 4.92 Å². The monoisotopic (exact) mass is 478 g/mol. The minimum absolute atomic E-state index is 0.00253. The summed E-state index contributed by atoms with van der Waals surface area (Å²) in [6.45, 7) is 0. The van der Waals surface area contributed by atoms with Gasteiger partial charge in [0.15, 0.2) is 11.0 Å². The molecule has 0 aliphatic heterocycles. The van der Waals surface area contributed by atoms with Crippen molar-refractivity contribution >= 4 is 17.4 Å². The fourth-order valence-corrected chi connectivity index (χ4v) is 4.39. The predicted octanol–water partition coefficient (Wildman–Crippen LogP) is 5.16. The van der Waals surface area contributed by atoms with E-state index in [1.165, 1.54) is 31.0 Å². The van der Waals surface area contributed by atoms with E-state index in [9.17, 15) is 10.1 Å². The maximum atomic E-state index is 11.2. The van der Waals surface area contributed by atoms with Crippen LogP contribution in [0.2, 0.25) is 0 Å². The third-order valence-corrected chi connectivity index (χ3v) is 6.12. The number of rotatable bonds is 9. The number of thioether (sulfide) groups is 1. The normalized spacial score (nSPS) is 10.7. The molecule has 4 aromatic rings. The Balaban J connectivity index is 1.77. The van der Waals surface area contributed by atoms with Crippen LogP contribution in [0.3, 0.4) is 0 Å². The highest BCUT2D eigenvalue weighted by molar-refractivity contribution is 7.98. The topological polar surface area (TPSA) is 102 Å². The molecule has 0 N–H and O–H groups in total. The van der Waals surface area contributed by atoms with Crippen LogP contribution in [-0.4, -0.2) is 41.0 Å². The van der Waals surface area contributed by atoms with Crippen molar-refractivity contribution in [1.82, 2.24) is 14.8 Å². The minimum Gasteiger partial charge on any atom is -0.497 e. The van der Waals surface area contributed by atoms with E-state index in [1.807, 2.05) is 53.1 Å². The number of nitro groups is 1. The number of non-ortho nitro benzene ring substituents is 1. The molecule has 0 amide bonds. The lowest BCUT2D eigenvalue weighted by Crippen LogP contribution is -2.01. The lowest BCUT2D eigenvalue weighted by Gasteiger charge is -2.13. The summed E-state index contributed by atoms with van der Waals surface area (Å²) in [6, 6.07) is 19.7. The molecule has 0 fully saturated rings. The van der Waals surface area contributed by atoms with Gasteiger partial charge >= 0.3 is 0 Å². The highest BCUT2D eigenvalue weighted by atomic mass is 32.2. The van der Waals surface area contributed by atoms with Gasteiger partial charge in [0.05, 0.1) is 37.5 Å². The number of nitrogens with zero attached hydrogens (tertiary/aromatic N) is 4. The number of nitro benzene ring substituents is 1. The summed E-state index contributed by atoms with van der Waals surface area (Å²) in [5, 5.41) is 20.7. The van der Waals surface area contributed by atoms with E-state index in [4.69, 9.17) is 14.2 Å². The van der Waals surface area contributed by atoms with Crippen molar-refractivity contribution in [3.8, 4) is 34.3 Å². The molecule has 10 heteroatoms. The fourth-order valence-electron chi connectivity index (χ4n) is 3.46. The van der Waals surface area contributed by atoms with Crippen LogP contribution in [0.1, 0.15) is 5.56 Å². The van der Waals surface area contributed by atoms with Gasteiger partial charge < -0.3 is 14.2 Å². The zero-order valence-electron chi connectivity index (χ0n) is 18.8. The molecule has 0 atom stereocenters. The van der Waals surface area contributed by atoms with Crippen LogP contribution >= 0.6 is 11.8 Å². The third-order valence-electron chi connectivity index (χ3n) is 5.14. The Labute approximate surface area is 200 Å². The third kappa shape index (κ3) is 4.67. The lowest BCUT2D eigenvalue weighted by molar-refractivity contribution is -0.384. The van der Waals surface area contributed by atoms with Gasteiger partial charge in [-0.15, -0.1) is 10.2 Å². The number of ether oxygens (including phenoxy) is 3. The number of para-hydroxylation sites is 1. The minimum atomic E-state index is -0.423. The predicted molar refractivity (Wildman–Crippen MR) is 129 cm³/mol. The number of aromatic nitrogens is 3. The van der Waals surface area contributed by atoms with Gasteiger partial charge in [0.2, 0.25) is 0 Å². The molecule has 34 heavy (non-hydrogen) atoms. The molecule has 9 nitrogen and oxygen atoms in total. The lowest BCUT2D eigenvalue weighted by atomic mass is 10.2. The van der Waals surface area contributed by atoms with E-state index in [0.29, 0.717) is 33.8 Å². The van der Waals surface area contributed by atoms with Gasteiger partial charge in [0, 0.05) is 23.4 Å².